The summed E-state index contributed by atoms with van der Waals surface area (Å²) < 4.78 is 18.7. The van der Waals surface area contributed by atoms with Gasteiger partial charge in [-0.05, 0) is 57.2 Å². The number of carbonyl (C=O) groups excluding carboxylic acids is 2. The lowest BCUT2D eigenvalue weighted by molar-refractivity contribution is -0.134. The molecule has 8 heteroatoms. The zero-order valence-corrected chi connectivity index (χ0v) is 21.7. The zero-order valence-electron chi connectivity index (χ0n) is 21.7. The first-order valence-electron chi connectivity index (χ1n) is 12.8. The highest BCUT2D eigenvalue weighted by molar-refractivity contribution is 6.05. The Hall–Kier alpha value is -2.74. The Morgan fingerprint density at radius 1 is 1.17 bits per heavy atom. The van der Waals surface area contributed by atoms with E-state index in [1.807, 2.05) is 36.6 Å². The molecule has 2 amide bonds. The highest BCUT2D eigenvalue weighted by atomic mass is 16.5. The maximum Gasteiger partial charge on any atom is 0.271 e. The molecule has 1 aliphatic carbocycles. The third-order valence-electron chi connectivity index (χ3n) is 7.74. The van der Waals surface area contributed by atoms with Gasteiger partial charge in [-0.2, -0.15) is 0 Å². The van der Waals surface area contributed by atoms with Gasteiger partial charge in [-0.15, -0.1) is 0 Å². The summed E-state index contributed by atoms with van der Waals surface area (Å²) in [5, 5.41) is 4.12. The predicted molar refractivity (Wildman–Crippen MR) is 135 cm³/mol. The summed E-state index contributed by atoms with van der Waals surface area (Å²) in [5.41, 5.74) is 0.262. The van der Waals surface area contributed by atoms with Crippen molar-refractivity contribution in [2.75, 3.05) is 34.0 Å². The molecule has 0 saturated heterocycles. The lowest BCUT2D eigenvalue weighted by Crippen LogP contribution is -2.65. The first kappa shape index (κ1) is 25.4. The number of rotatable bonds is 9. The van der Waals surface area contributed by atoms with Crippen LogP contribution in [-0.2, 0) is 16.1 Å². The normalized spacial score (nSPS) is 24.4. The van der Waals surface area contributed by atoms with E-state index in [1.165, 1.54) is 6.42 Å². The molecule has 1 N–H and O–H groups in total. The molecular weight excluding hydrogens is 446 g/mol. The summed E-state index contributed by atoms with van der Waals surface area (Å²) in [6, 6.07) is 5.67. The number of hydrogen-bond donors (Lipinski definition) is 1. The lowest BCUT2D eigenvalue weighted by atomic mass is 9.85. The molecule has 1 aromatic heterocycles. The van der Waals surface area contributed by atoms with Crippen molar-refractivity contribution in [1.29, 1.82) is 0 Å². The Bertz CT molecular complexity index is 1080. The van der Waals surface area contributed by atoms with Crippen LogP contribution in [0.1, 0.15) is 63.4 Å². The van der Waals surface area contributed by atoms with E-state index >= 15 is 0 Å². The molecular formula is C27H39N3O5. The van der Waals surface area contributed by atoms with Gasteiger partial charge in [-0.25, -0.2) is 0 Å². The number of hydrogen-bond acceptors (Lipinski definition) is 5. The van der Waals surface area contributed by atoms with E-state index < -0.39 is 5.54 Å². The second-order valence-corrected chi connectivity index (χ2v) is 9.97. The predicted octanol–water partition coefficient (Wildman–Crippen LogP) is 3.99. The molecule has 0 radical (unpaired) electrons. The second-order valence-electron chi connectivity index (χ2n) is 9.97. The molecule has 2 aromatic rings. The van der Waals surface area contributed by atoms with Gasteiger partial charge in [0.1, 0.15) is 22.7 Å². The van der Waals surface area contributed by atoms with Crippen molar-refractivity contribution < 1.29 is 23.8 Å². The van der Waals surface area contributed by atoms with Crippen molar-refractivity contribution in [3.8, 4) is 11.5 Å². The van der Waals surface area contributed by atoms with Crippen LogP contribution in [0.3, 0.4) is 0 Å². The standard InChI is InChI=1S/C27H39N3O5/c1-6-35-15-9-14-30-25(31)21-16-19-22(33-4)12-13-23(34-5)24(19)29(21)17-27(30,3)26(32)28-20-11-8-7-10-18(20)2/h12-13,16,18,20H,6-11,14-15,17H2,1-5H3,(H,28,32)/t18-,20+,27+/m0/s1. The number of fused-ring (bicyclic) bond motifs is 3. The van der Waals surface area contributed by atoms with Crippen LogP contribution in [0.4, 0.5) is 0 Å². The summed E-state index contributed by atoms with van der Waals surface area (Å²) in [5.74, 6) is 1.47. The van der Waals surface area contributed by atoms with Gasteiger partial charge in [0.15, 0.2) is 0 Å². The van der Waals surface area contributed by atoms with Gasteiger partial charge in [-0.1, -0.05) is 19.8 Å². The van der Waals surface area contributed by atoms with Crippen molar-refractivity contribution in [1.82, 2.24) is 14.8 Å². The molecule has 0 unspecified atom stereocenters. The molecule has 2 heterocycles. The molecule has 35 heavy (non-hydrogen) atoms. The fourth-order valence-electron chi connectivity index (χ4n) is 5.63. The molecule has 1 saturated carbocycles. The Morgan fingerprint density at radius 3 is 2.57 bits per heavy atom. The molecule has 0 bridgehead atoms. The number of aromatic nitrogens is 1. The third kappa shape index (κ3) is 4.60. The first-order chi connectivity index (χ1) is 16.8. The second kappa shape index (κ2) is 10.5. The van der Waals surface area contributed by atoms with Gasteiger partial charge in [0.05, 0.1) is 26.3 Å². The van der Waals surface area contributed by atoms with Crippen LogP contribution >= 0.6 is 0 Å². The maximum atomic E-state index is 13.9. The molecule has 1 aromatic carbocycles. The molecule has 192 valence electrons. The summed E-state index contributed by atoms with van der Waals surface area (Å²) in [6.07, 6.45) is 5.07. The van der Waals surface area contributed by atoms with Gasteiger partial charge in [0.25, 0.3) is 5.91 Å². The van der Waals surface area contributed by atoms with Crippen molar-refractivity contribution >= 4 is 22.7 Å². The maximum absolute atomic E-state index is 13.9. The van der Waals surface area contributed by atoms with Crippen molar-refractivity contribution in [3.05, 3.63) is 23.9 Å². The van der Waals surface area contributed by atoms with Gasteiger partial charge in [0, 0.05) is 31.2 Å². The monoisotopic (exact) mass is 485 g/mol. The van der Waals surface area contributed by atoms with Gasteiger partial charge < -0.3 is 29.0 Å². The first-order valence-corrected chi connectivity index (χ1v) is 12.8. The van der Waals surface area contributed by atoms with Crippen molar-refractivity contribution in [2.45, 2.75) is 71.0 Å². The minimum Gasteiger partial charge on any atom is -0.496 e. The smallest absolute Gasteiger partial charge is 0.271 e. The van der Waals surface area contributed by atoms with Crippen molar-refractivity contribution in [2.24, 2.45) is 5.92 Å². The number of nitrogens with one attached hydrogen (secondary N) is 1. The summed E-state index contributed by atoms with van der Waals surface area (Å²) in [6.45, 7) is 7.99. The molecule has 3 atom stereocenters. The van der Waals surface area contributed by atoms with E-state index in [1.54, 1.807) is 19.1 Å². The molecule has 0 spiro atoms. The number of benzene rings is 1. The fourth-order valence-corrected chi connectivity index (χ4v) is 5.63. The number of methoxy groups -OCH3 is 2. The van der Waals surface area contributed by atoms with E-state index in [-0.39, 0.29) is 17.9 Å². The number of ether oxygens (including phenoxy) is 3. The van der Waals surface area contributed by atoms with Crippen LogP contribution < -0.4 is 14.8 Å². The Morgan fingerprint density at radius 2 is 1.89 bits per heavy atom. The molecule has 1 aliphatic heterocycles. The average molecular weight is 486 g/mol. The highest BCUT2D eigenvalue weighted by Gasteiger charge is 2.48. The van der Waals surface area contributed by atoms with Gasteiger partial charge >= 0.3 is 0 Å². The van der Waals surface area contributed by atoms with Crippen LogP contribution in [0.2, 0.25) is 0 Å². The summed E-state index contributed by atoms with van der Waals surface area (Å²) >= 11 is 0. The molecule has 1 fully saturated rings. The minimum absolute atomic E-state index is 0.102. The lowest BCUT2D eigenvalue weighted by Gasteiger charge is -2.45. The van der Waals surface area contributed by atoms with Crippen LogP contribution in [0.25, 0.3) is 10.9 Å². The Labute approximate surface area is 207 Å². The van der Waals surface area contributed by atoms with E-state index in [4.69, 9.17) is 14.2 Å². The Balaban J connectivity index is 1.76. The summed E-state index contributed by atoms with van der Waals surface area (Å²) in [4.78, 5) is 29.6. The van der Waals surface area contributed by atoms with Crippen molar-refractivity contribution in [3.63, 3.8) is 0 Å². The third-order valence-corrected chi connectivity index (χ3v) is 7.74. The summed E-state index contributed by atoms with van der Waals surface area (Å²) in [7, 11) is 3.23. The number of amides is 2. The van der Waals surface area contributed by atoms with E-state index in [9.17, 15) is 9.59 Å². The van der Waals surface area contributed by atoms with Crippen LogP contribution in [-0.4, -0.2) is 66.8 Å². The minimum atomic E-state index is -1.05. The van der Waals surface area contributed by atoms with Gasteiger partial charge in [-0.3, -0.25) is 9.59 Å². The SMILES string of the molecule is CCOCCCN1C(=O)c2cc3c(OC)ccc(OC)c3n2C[C@]1(C)C(=O)N[C@@H]1CCCC[C@@H]1C. The molecule has 8 nitrogen and oxygen atoms in total. The van der Waals surface area contributed by atoms with E-state index in [0.717, 1.165) is 30.2 Å². The zero-order chi connectivity index (χ0) is 25.2. The number of carbonyl (C=O) groups is 2. The quantitative estimate of drug-likeness (QED) is 0.543. The molecule has 4 rings (SSSR count). The van der Waals surface area contributed by atoms with E-state index in [0.29, 0.717) is 55.8 Å². The topological polar surface area (TPSA) is 82.0 Å². The largest absolute Gasteiger partial charge is 0.496 e. The van der Waals surface area contributed by atoms with Crippen LogP contribution in [0.15, 0.2) is 18.2 Å². The van der Waals surface area contributed by atoms with Crippen LogP contribution in [0.5, 0.6) is 11.5 Å². The van der Waals surface area contributed by atoms with Crippen LogP contribution in [0, 0.1) is 5.92 Å². The Kier molecular flexibility index (Phi) is 7.59. The number of nitrogens with zero attached hydrogens (tertiary/aromatic N) is 2. The molecule has 2 aliphatic rings. The van der Waals surface area contributed by atoms with E-state index in [2.05, 4.69) is 12.2 Å². The average Bonchev–Trinajstić information content (AvgIpc) is 3.23. The van der Waals surface area contributed by atoms with Gasteiger partial charge in [0.2, 0.25) is 5.91 Å². The highest BCUT2D eigenvalue weighted by Crippen LogP contribution is 2.40. The fraction of sp³-hybridized carbons (Fsp3) is 0.630.